The summed E-state index contributed by atoms with van der Waals surface area (Å²) in [5, 5.41) is 4.05. The Balaban J connectivity index is 1.73. The highest BCUT2D eigenvalue weighted by atomic mass is 32.2. The van der Waals surface area contributed by atoms with Crippen molar-refractivity contribution >= 4 is 29.0 Å². The van der Waals surface area contributed by atoms with Gasteiger partial charge < -0.3 is 4.90 Å². The normalized spacial score (nSPS) is 18.4. The zero-order valence-electron chi connectivity index (χ0n) is 13.5. The molecule has 0 bridgehead atoms. The number of benzene rings is 1. The Labute approximate surface area is 153 Å². The summed E-state index contributed by atoms with van der Waals surface area (Å²) in [7, 11) is 0. The molecule has 0 saturated carbocycles. The molecule has 2 heterocycles. The minimum absolute atomic E-state index is 0.0990. The Hall–Kier alpha value is -1.47. The van der Waals surface area contributed by atoms with Gasteiger partial charge in [0.05, 0.1) is 11.5 Å². The summed E-state index contributed by atoms with van der Waals surface area (Å²) in [5.41, 5.74) is 1.66. The molecule has 0 radical (unpaired) electrons. The molecule has 134 valence electrons. The third-order valence-electron chi connectivity index (χ3n) is 4.26. The predicted octanol–water partition coefficient (Wildman–Crippen LogP) is 5.45. The monoisotopic (exact) mass is 385 g/mol. The maximum absolute atomic E-state index is 13.0. The summed E-state index contributed by atoms with van der Waals surface area (Å²) in [6, 6.07) is 9.19. The van der Waals surface area contributed by atoms with Crippen LogP contribution in [0, 0.1) is 5.92 Å². The van der Waals surface area contributed by atoms with E-state index in [1.54, 1.807) is 35.2 Å². The average molecular weight is 385 g/mol. The molecule has 1 atom stereocenters. The molecule has 2 nitrogen and oxygen atoms in total. The fourth-order valence-corrected chi connectivity index (χ4v) is 4.67. The number of nitrogens with zero attached hydrogens (tertiary/aromatic N) is 1. The van der Waals surface area contributed by atoms with Crippen LogP contribution in [0.3, 0.4) is 0 Å². The summed E-state index contributed by atoms with van der Waals surface area (Å²) >= 11 is 3.16. The van der Waals surface area contributed by atoms with E-state index in [1.165, 1.54) is 10.5 Å². The summed E-state index contributed by atoms with van der Waals surface area (Å²) in [5.74, 6) is -0.989. The van der Waals surface area contributed by atoms with Crippen molar-refractivity contribution in [2.45, 2.75) is 29.7 Å². The predicted molar refractivity (Wildman–Crippen MR) is 95.0 cm³/mol. The molecule has 1 saturated heterocycles. The van der Waals surface area contributed by atoms with Gasteiger partial charge >= 0.3 is 6.18 Å². The molecule has 1 aromatic heterocycles. The van der Waals surface area contributed by atoms with E-state index in [2.05, 4.69) is 5.38 Å². The van der Waals surface area contributed by atoms with Crippen LogP contribution in [0.15, 0.2) is 46.0 Å². The summed E-state index contributed by atoms with van der Waals surface area (Å²) in [6.07, 6.45) is -3.76. The fourth-order valence-electron chi connectivity index (χ4n) is 2.90. The molecule has 1 unspecified atom stereocenters. The standard InChI is InChI=1S/C18H18F3NOS2/c19-18(20,21)14-4-3-8-22(10-14)17(23)15-5-1-2-6-16(15)25-12-13-7-9-24-11-13/h1-2,5-7,9,11,14H,3-4,8,10,12H2. The van der Waals surface area contributed by atoms with Gasteiger partial charge in [-0.15, -0.1) is 11.8 Å². The van der Waals surface area contributed by atoms with Crippen LogP contribution in [0.4, 0.5) is 13.2 Å². The van der Waals surface area contributed by atoms with Crippen LogP contribution >= 0.6 is 23.1 Å². The molecule has 1 aliphatic heterocycles. The molecule has 3 rings (SSSR count). The molecule has 0 aliphatic carbocycles. The van der Waals surface area contributed by atoms with Crippen molar-refractivity contribution in [1.29, 1.82) is 0 Å². The summed E-state index contributed by atoms with van der Waals surface area (Å²) in [4.78, 5) is 15.0. The number of alkyl halides is 3. The number of rotatable bonds is 4. The molecule has 0 N–H and O–H groups in total. The number of halogens is 3. The van der Waals surface area contributed by atoms with Gasteiger partial charge in [0.2, 0.25) is 0 Å². The number of hydrogen-bond acceptors (Lipinski definition) is 3. The second-order valence-corrected chi connectivity index (χ2v) is 7.85. The second-order valence-electron chi connectivity index (χ2n) is 6.05. The van der Waals surface area contributed by atoms with Gasteiger partial charge in [-0.05, 0) is 47.4 Å². The number of piperidine rings is 1. The van der Waals surface area contributed by atoms with Crippen LogP contribution in [-0.2, 0) is 5.75 Å². The van der Waals surface area contributed by atoms with E-state index in [0.29, 0.717) is 18.5 Å². The third-order valence-corrected chi connectivity index (χ3v) is 6.14. The van der Waals surface area contributed by atoms with Crippen molar-refractivity contribution in [2.24, 2.45) is 5.92 Å². The number of thioether (sulfide) groups is 1. The molecule has 7 heteroatoms. The van der Waals surface area contributed by atoms with E-state index in [9.17, 15) is 18.0 Å². The lowest BCUT2D eigenvalue weighted by atomic mass is 9.97. The van der Waals surface area contributed by atoms with Gasteiger partial charge in [-0.1, -0.05) is 12.1 Å². The average Bonchev–Trinajstić information content (AvgIpc) is 3.12. The summed E-state index contributed by atoms with van der Waals surface area (Å²) in [6.45, 7) is 0.140. The number of amides is 1. The lowest BCUT2D eigenvalue weighted by molar-refractivity contribution is -0.184. The van der Waals surface area contributed by atoms with Gasteiger partial charge in [0.25, 0.3) is 5.91 Å². The SMILES string of the molecule is O=C(c1ccccc1SCc1ccsc1)N1CCCC(C(F)(F)F)C1. The van der Waals surface area contributed by atoms with E-state index >= 15 is 0 Å². The lowest BCUT2D eigenvalue weighted by Gasteiger charge is -2.34. The second kappa shape index (κ2) is 7.83. The maximum Gasteiger partial charge on any atom is 0.393 e. The number of thiophene rings is 1. The molecule has 1 fully saturated rings. The zero-order chi connectivity index (χ0) is 17.9. The number of carbonyl (C=O) groups is 1. The third kappa shape index (κ3) is 4.58. The minimum Gasteiger partial charge on any atom is -0.338 e. The van der Waals surface area contributed by atoms with Crippen molar-refractivity contribution in [3.05, 3.63) is 52.2 Å². The van der Waals surface area contributed by atoms with Crippen molar-refractivity contribution < 1.29 is 18.0 Å². The highest BCUT2D eigenvalue weighted by Crippen LogP contribution is 2.34. The first kappa shape index (κ1) is 18.3. The molecular weight excluding hydrogens is 367 g/mol. The highest BCUT2D eigenvalue weighted by molar-refractivity contribution is 7.98. The van der Waals surface area contributed by atoms with Crippen molar-refractivity contribution in [3.63, 3.8) is 0 Å². The lowest BCUT2D eigenvalue weighted by Crippen LogP contribution is -2.44. The Morgan fingerprint density at radius 3 is 2.80 bits per heavy atom. The molecule has 1 aromatic carbocycles. The maximum atomic E-state index is 13.0. The molecule has 2 aromatic rings. The van der Waals surface area contributed by atoms with Gasteiger partial charge in [-0.2, -0.15) is 24.5 Å². The number of hydrogen-bond donors (Lipinski definition) is 0. The van der Waals surface area contributed by atoms with Gasteiger partial charge in [-0.25, -0.2) is 0 Å². The zero-order valence-corrected chi connectivity index (χ0v) is 15.1. The molecule has 0 spiro atoms. The Bertz CT molecular complexity index is 715. The van der Waals surface area contributed by atoms with Crippen LogP contribution in [0.1, 0.15) is 28.8 Å². The molecular formula is C18H18F3NOS2. The van der Waals surface area contributed by atoms with Gasteiger partial charge in [-0.3, -0.25) is 4.79 Å². The minimum atomic E-state index is -4.24. The van der Waals surface area contributed by atoms with E-state index in [4.69, 9.17) is 0 Å². The molecule has 1 amide bonds. The number of likely N-dealkylation sites (tertiary alicyclic amines) is 1. The van der Waals surface area contributed by atoms with Crippen LogP contribution in [0.25, 0.3) is 0 Å². The fraction of sp³-hybridized carbons (Fsp3) is 0.389. The van der Waals surface area contributed by atoms with Gasteiger partial charge in [0, 0.05) is 23.7 Å². The largest absolute Gasteiger partial charge is 0.393 e. The highest BCUT2D eigenvalue weighted by Gasteiger charge is 2.42. The van der Waals surface area contributed by atoms with Gasteiger partial charge in [0.1, 0.15) is 0 Å². The summed E-state index contributed by atoms with van der Waals surface area (Å²) < 4.78 is 39.0. The Morgan fingerprint density at radius 2 is 2.08 bits per heavy atom. The van der Waals surface area contributed by atoms with Crippen molar-refractivity contribution in [2.75, 3.05) is 13.1 Å². The topological polar surface area (TPSA) is 20.3 Å². The first-order chi connectivity index (χ1) is 11.9. The Kier molecular flexibility index (Phi) is 5.74. The van der Waals surface area contributed by atoms with Crippen LogP contribution in [0.5, 0.6) is 0 Å². The van der Waals surface area contributed by atoms with E-state index < -0.39 is 12.1 Å². The van der Waals surface area contributed by atoms with Crippen molar-refractivity contribution in [1.82, 2.24) is 4.90 Å². The first-order valence-corrected chi connectivity index (χ1v) is 9.97. The smallest absolute Gasteiger partial charge is 0.338 e. The molecule has 25 heavy (non-hydrogen) atoms. The first-order valence-electron chi connectivity index (χ1n) is 8.04. The van der Waals surface area contributed by atoms with Crippen LogP contribution < -0.4 is 0 Å². The van der Waals surface area contributed by atoms with Gasteiger partial charge in [0.15, 0.2) is 0 Å². The van der Waals surface area contributed by atoms with E-state index in [-0.39, 0.29) is 18.9 Å². The quantitative estimate of drug-likeness (QED) is 0.652. The van der Waals surface area contributed by atoms with E-state index in [1.807, 2.05) is 23.6 Å². The molecule has 1 aliphatic rings. The van der Waals surface area contributed by atoms with Crippen molar-refractivity contribution in [3.8, 4) is 0 Å². The Morgan fingerprint density at radius 1 is 1.28 bits per heavy atom. The van der Waals surface area contributed by atoms with E-state index in [0.717, 1.165) is 10.6 Å². The van der Waals surface area contributed by atoms with Crippen LogP contribution in [0.2, 0.25) is 0 Å². The van der Waals surface area contributed by atoms with Crippen LogP contribution in [-0.4, -0.2) is 30.1 Å². The number of carbonyl (C=O) groups excluding carboxylic acids is 1.